The van der Waals surface area contributed by atoms with Gasteiger partial charge < -0.3 is 15.2 Å². The summed E-state index contributed by atoms with van der Waals surface area (Å²) in [5, 5.41) is 3.46. The molecule has 1 saturated heterocycles. The fourth-order valence-corrected chi connectivity index (χ4v) is 4.05. The lowest BCUT2D eigenvalue weighted by Crippen LogP contribution is -2.30. The van der Waals surface area contributed by atoms with Crippen molar-refractivity contribution in [2.75, 3.05) is 32.0 Å². The van der Waals surface area contributed by atoms with E-state index in [1.807, 2.05) is 6.20 Å². The highest BCUT2D eigenvalue weighted by Gasteiger charge is 2.15. The Morgan fingerprint density at radius 1 is 1.14 bits per heavy atom. The first-order valence-electron chi connectivity index (χ1n) is 10.4. The maximum absolute atomic E-state index is 4.79. The summed E-state index contributed by atoms with van der Waals surface area (Å²) in [5.41, 5.74) is 5.64. The summed E-state index contributed by atoms with van der Waals surface area (Å²) in [7, 11) is 2.22. The van der Waals surface area contributed by atoms with Gasteiger partial charge in [-0.2, -0.15) is 0 Å². The van der Waals surface area contributed by atoms with Crippen molar-refractivity contribution in [3.8, 4) is 11.4 Å². The molecule has 2 N–H and O–H groups in total. The Morgan fingerprint density at radius 3 is 2.71 bits per heavy atom. The Balaban J connectivity index is 1.32. The lowest BCUT2D eigenvalue weighted by atomic mass is 9.92. The molecule has 1 aromatic carbocycles. The van der Waals surface area contributed by atoms with E-state index in [-0.39, 0.29) is 0 Å². The molecule has 28 heavy (non-hydrogen) atoms. The van der Waals surface area contributed by atoms with Crippen molar-refractivity contribution in [3.63, 3.8) is 0 Å². The van der Waals surface area contributed by atoms with Crippen molar-refractivity contribution in [2.24, 2.45) is 5.92 Å². The number of nitrogens with one attached hydrogen (secondary N) is 2. The van der Waals surface area contributed by atoms with Crippen molar-refractivity contribution < 1.29 is 0 Å². The minimum Gasteiger partial charge on any atom is -0.370 e. The van der Waals surface area contributed by atoms with E-state index in [1.54, 1.807) is 0 Å². The molecule has 0 spiro atoms. The summed E-state index contributed by atoms with van der Waals surface area (Å²) in [4.78, 5) is 15.2. The molecule has 3 aromatic rings. The molecule has 0 bridgehead atoms. The largest absolute Gasteiger partial charge is 0.370 e. The number of rotatable bonds is 6. The van der Waals surface area contributed by atoms with E-state index >= 15 is 0 Å². The fourth-order valence-electron chi connectivity index (χ4n) is 4.05. The van der Waals surface area contributed by atoms with Crippen LogP contribution in [0.5, 0.6) is 0 Å². The number of pyridine rings is 1. The Kier molecular flexibility index (Phi) is 5.62. The Labute approximate surface area is 167 Å². The SMILES string of the molecule is Cc1ccc2[nH]c(-c3ccc(NCCCC4CCN(C)CC4)nc3)nc2c1C. The molecule has 3 heterocycles. The highest BCUT2D eigenvalue weighted by Crippen LogP contribution is 2.25. The molecule has 0 radical (unpaired) electrons. The smallest absolute Gasteiger partial charge is 0.140 e. The third-order valence-corrected chi connectivity index (χ3v) is 6.15. The second-order valence-corrected chi connectivity index (χ2v) is 8.24. The van der Waals surface area contributed by atoms with Gasteiger partial charge in [0.1, 0.15) is 11.6 Å². The third-order valence-electron chi connectivity index (χ3n) is 6.15. The van der Waals surface area contributed by atoms with Crippen molar-refractivity contribution in [3.05, 3.63) is 41.6 Å². The normalized spacial score (nSPS) is 16.0. The number of anilines is 1. The fraction of sp³-hybridized carbons (Fsp3) is 0.478. The van der Waals surface area contributed by atoms with E-state index in [0.29, 0.717) is 0 Å². The van der Waals surface area contributed by atoms with Crippen LogP contribution in [0.1, 0.15) is 36.8 Å². The molecule has 0 atom stereocenters. The Morgan fingerprint density at radius 2 is 1.96 bits per heavy atom. The van der Waals surface area contributed by atoms with E-state index in [0.717, 1.165) is 40.7 Å². The molecule has 2 aromatic heterocycles. The number of aromatic nitrogens is 3. The number of aromatic amines is 1. The molecule has 0 unspecified atom stereocenters. The van der Waals surface area contributed by atoms with Crippen LogP contribution in [-0.4, -0.2) is 46.5 Å². The lowest BCUT2D eigenvalue weighted by molar-refractivity contribution is 0.211. The molecule has 4 rings (SSSR count). The van der Waals surface area contributed by atoms with Gasteiger partial charge >= 0.3 is 0 Å². The topological polar surface area (TPSA) is 56.8 Å². The van der Waals surface area contributed by atoms with Gasteiger partial charge in [-0.25, -0.2) is 9.97 Å². The van der Waals surface area contributed by atoms with Gasteiger partial charge in [0.25, 0.3) is 0 Å². The van der Waals surface area contributed by atoms with Gasteiger partial charge in [-0.3, -0.25) is 0 Å². The number of benzene rings is 1. The van der Waals surface area contributed by atoms with Crippen molar-refractivity contribution in [2.45, 2.75) is 39.5 Å². The first-order chi connectivity index (χ1) is 13.6. The minimum atomic E-state index is 0.880. The number of imidazole rings is 1. The maximum Gasteiger partial charge on any atom is 0.140 e. The van der Waals surface area contributed by atoms with Gasteiger partial charge in [0.05, 0.1) is 11.0 Å². The van der Waals surface area contributed by atoms with Crippen molar-refractivity contribution in [1.29, 1.82) is 0 Å². The second-order valence-electron chi connectivity index (χ2n) is 8.24. The van der Waals surface area contributed by atoms with Gasteiger partial charge in [0.2, 0.25) is 0 Å². The summed E-state index contributed by atoms with van der Waals surface area (Å²) < 4.78 is 0. The second kappa shape index (κ2) is 8.31. The summed E-state index contributed by atoms with van der Waals surface area (Å²) in [6.45, 7) is 7.74. The van der Waals surface area contributed by atoms with Crippen LogP contribution < -0.4 is 5.32 Å². The number of hydrogen-bond donors (Lipinski definition) is 2. The number of nitrogens with zero attached hydrogens (tertiary/aromatic N) is 3. The predicted octanol–water partition coefficient (Wildman–Crippen LogP) is 4.78. The number of piperidine rings is 1. The molecule has 0 saturated carbocycles. The molecule has 0 amide bonds. The monoisotopic (exact) mass is 377 g/mol. The number of likely N-dealkylation sites (tertiary alicyclic amines) is 1. The Bertz CT molecular complexity index is 920. The van der Waals surface area contributed by atoms with Gasteiger partial charge in [-0.15, -0.1) is 0 Å². The van der Waals surface area contributed by atoms with Crippen LogP contribution in [-0.2, 0) is 0 Å². The molecular weight excluding hydrogens is 346 g/mol. The van der Waals surface area contributed by atoms with Crippen molar-refractivity contribution >= 4 is 16.9 Å². The highest BCUT2D eigenvalue weighted by atomic mass is 15.1. The van der Waals surface area contributed by atoms with Crippen LogP contribution in [0.2, 0.25) is 0 Å². The molecule has 5 nitrogen and oxygen atoms in total. The van der Waals surface area contributed by atoms with E-state index < -0.39 is 0 Å². The van der Waals surface area contributed by atoms with E-state index in [4.69, 9.17) is 4.98 Å². The molecular formula is C23H31N5. The van der Waals surface area contributed by atoms with Gasteiger partial charge in [-0.05, 0) is 94.9 Å². The molecule has 1 aliphatic rings. The molecule has 1 fully saturated rings. The van der Waals surface area contributed by atoms with Gasteiger partial charge in [0.15, 0.2) is 0 Å². The number of hydrogen-bond acceptors (Lipinski definition) is 4. The first-order valence-corrected chi connectivity index (χ1v) is 10.4. The number of H-pyrrole nitrogens is 1. The summed E-state index contributed by atoms with van der Waals surface area (Å²) in [6, 6.07) is 8.38. The zero-order valence-electron chi connectivity index (χ0n) is 17.3. The van der Waals surface area contributed by atoms with Crippen LogP contribution in [0, 0.1) is 19.8 Å². The summed E-state index contributed by atoms with van der Waals surface area (Å²) in [6.07, 6.45) is 7.12. The Hall–Kier alpha value is -2.40. The first kappa shape index (κ1) is 18.9. The number of aryl methyl sites for hydroxylation is 2. The molecule has 0 aliphatic carbocycles. The van der Waals surface area contributed by atoms with Crippen molar-refractivity contribution in [1.82, 2.24) is 19.9 Å². The third kappa shape index (κ3) is 4.20. The minimum absolute atomic E-state index is 0.880. The molecule has 5 heteroatoms. The standard InChI is InChI=1S/C23H31N5/c1-16-6-8-20-22(17(16)2)27-23(26-20)19-7-9-21(25-15-19)24-12-4-5-18-10-13-28(3)14-11-18/h6-9,15,18H,4-5,10-14H2,1-3H3,(H,24,25)(H,26,27). The zero-order chi connectivity index (χ0) is 19.5. The highest BCUT2D eigenvalue weighted by molar-refractivity contribution is 5.83. The van der Waals surface area contributed by atoms with Crippen LogP contribution >= 0.6 is 0 Å². The maximum atomic E-state index is 4.79. The quantitative estimate of drug-likeness (QED) is 0.607. The van der Waals surface area contributed by atoms with Crippen LogP contribution in [0.25, 0.3) is 22.4 Å². The zero-order valence-corrected chi connectivity index (χ0v) is 17.3. The van der Waals surface area contributed by atoms with Gasteiger partial charge in [-0.1, -0.05) is 6.07 Å². The summed E-state index contributed by atoms with van der Waals surface area (Å²) >= 11 is 0. The number of fused-ring (bicyclic) bond motifs is 1. The van der Waals surface area contributed by atoms with E-state index in [2.05, 4.69) is 65.3 Å². The lowest BCUT2D eigenvalue weighted by Gasteiger charge is -2.28. The molecule has 148 valence electrons. The van der Waals surface area contributed by atoms with E-state index in [1.165, 1.54) is 49.9 Å². The van der Waals surface area contributed by atoms with Crippen LogP contribution in [0.3, 0.4) is 0 Å². The average molecular weight is 378 g/mol. The summed E-state index contributed by atoms with van der Waals surface area (Å²) in [5.74, 6) is 2.72. The van der Waals surface area contributed by atoms with E-state index in [9.17, 15) is 0 Å². The van der Waals surface area contributed by atoms with Gasteiger partial charge in [0, 0.05) is 18.3 Å². The van der Waals surface area contributed by atoms with Crippen LogP contribution in [0.15, 0.2) is 30.5 Å². The predicted molar refractivity (Wildman–Crippen MR) is 117 cm³/mol. The average Bonchev–Trinajstić information content (AvgIpc) is 3.15. The molecule has 1 aliphatic heterocycles. The van der Waals surface area contributed by atoms with Crippen LogP contribution in [0.4, 0.5) is 5.82 Å².